The van der Waals surface area contributed by atoms with E-state index in [1.165, 1.54) is 0 Å². The van der Waals surface area contributed by atoms with Gasteiger partial charge in [0.1, 0.15) is 23.2 Å². The zero-order valence-electron chi connectivity index (χ0n) is 20.4. The molecule has 0 bridgehead atoms. The number of carbonyl (C=O) groups excluding carboxylic acids is 1. The summed E-state index contributed by atoms with van der Waals surface area (Å²) in [6, 6.07) is 19.8. The number of rotatable bonds is 8. The van der Waals surface area contributed by atoms with E-state index in [1.54, 1.807) is 57.4 Å². The summed E-state index contributed by atoms with van der Waals surface area (Å²) in [5.74, 6) is 0.0834. The Balaban J connectivity index is 1.55. The number of aliphatic carboxylic acids is 1. The molecule has 8 nitrogen and oxygen atoms in total. The van der Waals surface area contributed by atoms with Crippen LogP contribution in [0.2, 0.25) is 5.02 Å². The fraction of sp³-hybridized carbons (Fsp3) is 0.179. The Hall–Kier alpha value is -4.30. The van der Waals surface area contributed by atoms with Crippen molar-refractivity contribution in [2.75, 3.05) is 12.4 Å². The number of ether oxygens (including phenoxy) is 2. The quantitative estimate of drug-likeness (QED) is 0.259. The van der Waals surface area contributed by atoms with Crippen molar-refractivity contribution >= 4 is 29.4 Å². The van der Waals surface area contributed by atoms with Gasteiger partial charge in [-0.25, -0.2) is 4.79 Å². The maximum Gasteiger partial charge on any atom is 0.412 e. The summed E-state index contributed by atoms with van der Waals surface area (Å²) in [6.45, 7) is 3.45. The summed E-state index contributed by atoms with van der Waals surface area (Å²) in [6.07, 6.45) is -1.33. The number of benzene rings is 3. The SMILES string of the molecule is COc1ccc(CC(=O)O)cc1-c1ccc(-c2onc(C)c2NC(=O)OC(C)c2ccccc2Cl)cc1. The molecule has 0 fully saturated rings. The van der Waals surface area contributed by atoms with Gasteiger partial charge in [0.25, 0.3) is 0 Å². The highest BCUT2D eigenvalue weighted by atomic mass is 35.5. The molecule has 9 heteroatoms. The number of carboxylic acids is 1. The topological polar surface area (TPSA) is 111 Å². The van der Waals surface area contributed by atoms with E-state index < -0.39 is 18.2 Å². The Morgan fingerprint density at radius 2 is 1.78 bits per heavy atom. The van der Waals surface area contributed by atoms with E-state index in [9.17, 15) is 9.59 Å². The van der Waals surface area contributed by atoms with E-state index in [0.29, 0.717) is 44.6 Å². The number of nitrogens with one attached hydrogen (secondary N) is 1. The van der Waals surface area contributed by atoms with Crippen molar-refractivity contribution in [2.24, 2.45) is 0 Å². The van der Waals surface area contributed by atoms with Crippen LogP contribution in [-0.4, -0.2) is 29.4 Å². The van der Waals surface area contributed by atoms with Crippen molar-refractivity contribution in [1.29, 1.82) is 0 Å². The fourth-order valence-corrected chi connectivity index (χ4v) is 4.23. The van der Waals surface area contributed by atoms with Crippen LogP contribution in [0.15, 0.2) is 71.3 Å². The predicted octanol–water partition coefficient (Wildman–Crippen LogP) is 6.92. The molecule has 2 N–H and O–H groups in total. The van der Waals surface area contributed by atoms with Crippen LogP contribution in [-0.2, 0) is 16.0 Å². The number of nitrogens with zero attached hydrogens (tertiary/aromatic N) is 1. The fourth-order valence-electron chi connectivity index (χ4n) is 3.94. The predicted molar refractivity (Wildman–Crippen MR) is 140 cm³/mol. The van der Waals surface area contributed by atoms with E-state index in [0.717, 1.165) is 11.1 Å². The van der Waals surface area contributed by atoms with Crippen molar-refractivity contribution in [3.05, 3.63) is 88.6 Å². The monoisotopic (exact) mass is 520 g/mol. The minimum absolute atomic E-state index is 0.0906. The summed E-state index contributed by atoms with van der Waals surface area (Å²) >= 11 is 6.21. The van der Waals surface area contributed by atoms with Gasteiger partial charge < -0.3 is 19.1 Å². The third-order valence-electron chi connectivity index (χ3n) is 5.79. The lowest BCUT2D eigenvalue weighted by molar-refractivity contribution is -0.136. The molecule has 0 radical (unpaired) electrons. The van der Waals surface area contributed by atoms with Gasteiger partial charge in [0.15, 0.2) is 5.76 Å². The first-order valence-corrected chi connectivity index (χ1v) is 11.8. The molecule has 4 rings (SSSR count). The van der Waals surface area contributed by atoms with Crippen LogP contribution < -0.4 is 10.1 Å². The third-order valence-corrected chi connectivity index (χ3v) is 6.14. The van der Waals surface area contributed by atoms with Gasteiger partial charge in [-0.3, -0.25) is 10.1 Å². The maximum absolute atomic E-state index is 12.7. The molecule has 1 unspecified atom stereocenters. The Labute approximate surface area is 218 Å². The average Bonchev–Trinajstić information content (AvgIpc) is 3.23. The molecule has 0 spiro atoms. The van der Waals surface area contributed by atoms with Gasteiger partial charge >= 0.3 is 12.1 Å². The van der Waals surface area contributed by atoms with Gasteiger partial charge in [0.2, 0.25) is 0 Å². The highest BCUT2D eigenvalue weighted by Crippen LogP contribution is 2.36. The van der Waals surface area contributed by atoms with Crippen LogP contribution in [0.5, 0.6) is 5.75 Å². The Bertz CT molecular complexity index is 1430. The van der Waals surface area contributed by atoms with Crippen LogP contribution in [0.1, 0.15) is 29.8 Å². The van der Waals surface area contributed by atoms with Crippen molar-refractivity contribution in [3.8, 4) is 28.2 Å². The zero-order valence-corrected chi connectivity index (χ0v) is 21.2. The highest BCUT2D eigenvalue weighted by Gasteiger charge is 2.21. The number of anilines is 1. The standard InChI is InChI=1S/C28H25ClN2O6/c1-16-26(30-28(34)36-17(2)21-6-4-5-7-23(21)29)27(37-31-16)20-11-9-19(10-12-20)22-14-18(15-25(32)33)8-13-24(22)35-3/h4-14,17H,15H2,1-3H3,(H,30,34)(H,32,33). The molecule has 1 heterocycles. The van der Waals surface area contributed by atoms with Gasteiger partial charge in [0, 0.05) is 21.7 Å². The van der Waals surface area contributed by atoms with Crippen LogP contribution in [0.4, 0.5) is 10.5 Å². The highest BCUT2D eigenvalue weighted by molar-refractivity contribution is 6.31. The second-order valence-electron chi connectivity index (χ2n) is 8.35. The van der Waals surface area contributed by atoms with E-state index in [1.807, 2.05) is 30.3 Å². The molecule has 4 aromatic rings. The lowest BCUT2D eigenvalue weighted by atomic mass is 9.99. The van der Waals surface area contributed by atoms with Gasteiger partial charge in [-0.1, -0.05) is 65.3 Å². The number of hydrogen-bond acceptors (Lipinski definition) is 6. The maximum atomic E-state index is 12.7. The molecule has 0 aliphatic rings. The Kier molecular flexibility index (Phi) is 7.79. The molecule has 1 atom stereocenters. The number of amides is 1. The van der Waals surface area contributed by atoms with E-state index in [2.05, 4.69) is 10.5 Å². The van der Waals surface area contributed by atoms with Crippen LogP contribution >= 0.6 is 11.6 Å². The molecule has 0 aliphatic heterocycles. The molecular formula is C28H25ClN2O6. The van der Waals surface area contributed by atoms with Gasteiger partial charge in [-0.2, -0.15) is 0 Å². The van der Waals surface area contributed by atoms with E-state index in [-0.39, 0.29) is 6.42 Å². The Morgan fingerprint density at radius 1 is 1.08 bits per heavy atom. The minimum Gasteiger partial charge on any atom is -0.496 e. The number of carbonyl (C=O) groups is 2. The number of aryl methyl sites for hydroxylation is 1. The first-order valence-electron chi connectivity index (χ1n) is 11.4. The number of aromatic nitrogens is 1. The van der Waals surface area contributed by atoms with Gasteiger partial charge in [0.05, 0.1) is 13.5 Å². The van der Waals surface area contributed by atoms with Crippen molar-refractivity contribution in [3.63, 3.8) is 0 Å². The largest absolute Gasteiger partial charge is 0.496 e. The van der Waals surface area contributed by atoms with Crippen molar-refractivity contribution in [1.82, 2.24) is 5.16 Å². The number of halogens is 1. The van der Waals surface area contributed by atoms with Crippen molar-refractivity contribution < 1.29 is 28.7 Å². The van der Waals surface area contributed by atoms with E-state index in [4.69, 9.17) is 30.7 Å². The van der Waals surface area contributed by atoms with Gasteiger partial charge in [-0.15, -0.1) is 0 Å². The van der Waals surface area contributed by atoms with Gasteiger partial charge in [-0.05, 0) is 43.2 Å². The second kappa shape index (κ2) is 11.2. The van der Waals surface area contributed by atoms with Crippen LogP contribution in [0, 0.1) is 6.92 Å². The molecule has 37 heavy (non-hydrogen) atoms. The first-order chi connectivity index (χ1) is 17.8. The average molecular weight is 521 g/mol. The number of methoxy groups -OCH3 is 1. The minimum atomic E-state index is -0.910. The lowest BCUT2D eigenvalue weighted by Gasteiger charge is -2.15. The second-order valence-corrected chi connectivity index (χ2v) is 8.76. The summed E-state index contributed by atoms with van der Waals surface area (Å²) in [5, 5.41) is 16.4. The van der Waals surface area contributed by atoms with Crippen LogP contribution in [0.25, 0.3) is 22.5 Å². The molecule has 1 aromatic heterocycles. The summed E-state index contributed by atoms with van der Waals surface area (Å²) in [7, 11) is 1.56. The smallest absolute Gasteiger partial charge is 0.412 e. The molecule has 0 saturated heterocycles. The lowest BCUT2D eigenvalue weighted by Crippen LogP contribution is -2.17. The Morgan fingerprint density at radius 3 is 2.46 bits per heavy atom. The number of hydrogen-bond donors (Lipinski definition) is 2. The molecular weight excluding hydrogens is 496 g/mol. The first kappa shape index (κ1) is 25.8. The summed E-state index contributed by atoms with van der Waals surface area (Å²) in [4.78, 5) is 23.8. The molecule has 1 amide bonds. The van der Waals surface area contributed by atoms with Crippen molar-refractivity contribution in [2.45, 2.75) is 26.4 Å². The van der Waals surface area contributed by atoms with Crippen LogP contribution in [0.3, 0.4) is 0 Å². The molecule has 0 aliphatic carbocycles. The van der Waals surface area contributed by atoms with E-state index >= 15 is 0 Å². The third kappa shape index (κ3) is 5.92. The normalized spacial score (nSPS) is 11.6. The molecule has 0 saturated carbocycles. The molecule has 3 aromatic carbocycles. The number of carboxylic acid groups (broad SMARTS) is 1. The molecule has 190 valence electrons. The summed E-state index contributed by atoms with van der Waals surface area (Å²) < 4.78 is 16.5. The summed E-state index contributed by atoms with van der Waals surface area (Å²) in [5.41, 5.74) is 4.51. The zero-order chi connectivity index (χ0) is 26.5.